The van der Waals surface area contributed by atoms with Gasteiger partial charge in [0.05, 0.1) is 0 Å². The molecule has 0 radical (unpaired) electrons. The van der Waals surface area contributed by atoms with E-state index in [1.165, 1.54) is 12.8 Å². The Balaban J connectivity index is 2.17. The van der Waals surface area contributed by atoms with Crippen molar-refractivity contribution in [2.75, 3.05) is 13.6 Å². The van der Waals surface area contributed by atoms with Gasteiger partial charge in [0.1, 0.15) is 0 Å². The first-order valence-electron chi connectivity index (χ1n) is 6.36. The van der Waals surface area contributed by atoms with Gasteiger partial charge in [-0.1, -0.05) is 12.8 Å². The van der Waals surface area contributed by atoms with Crippen molar-refractivity contribution in [3.05, 3.63) is 0 Å². The van der Waals surface area contributed by atoms with Crippen LogP contribution in [0.15, 0.2) is 0 Å². The van der Waals surface area contributed by atoms with Crippen molar-refractivity contribution in [2.45, 2.75) is 44.6 Å². The molecule has 0 aromatic rings. The van der Waals surface area contributed by atoms with E-state index in [-0.39, 0.29) is 17.9 Å². The van der Waals surface area contributed by atoms with E-state index >= 15 is 0 Å². The Hall–Kier alpha value is -1.10. The number of amides is 2. The van der Waals surface area contributed by atoms with Crippen LogP contribution in [-0.2, 0) is 9.59 Å². The van der Waals surface area contributed by atoms with Crippen molar-refractivity contribution in [2.24, 2.45) is 11.7 Å². The average molecular weight is 241 g/mol. The maximum absolute atomic E-state index is 11.6. The number of nitrogens with two attached hydrogens (primary N) is 1. The van der Waals surface area contributed by atoms with Crippen LogP contribution in [-0.4, -0.2) is 31.4 Å². The predicted octanol–water partition coefficient (Wildman–Crippen LogP) is 0.146. The maximum Gasteiger partial charge on any atom is 0.221 e. The molecular weight excluding hydrogens is 218 g/mol. The van der Waals surface area contributed by atoms with E-state index in [0.29, 0.717) is 25.3 Å². The molecule has 0 aromatic heterocycles. The highest BCUT2D eigenvalue weighted by Crippen LogP contribution is 2.25. The lowest BCUT2D eigenvalue weighted by atomic mass is 9.83. The summed E-state index contributed by atoms with van der Waals surface area (Å²) in [6.45, 7) is 0.403. The van der Waals surface area contributed by atoms with Crippen LogP contribution in [0.4, 0.5) is 0 Å². The number of carbonyl (C=O) groups excluding carboxylic acids is 2. The minimum atomic E-state index is -0.0559. The molecule has 2 unspecified atom stereocenters. The zero-order valence-corrected chi connectivity index (χ0v) is 10.5. The summed E-state index contributed by atoms with van der Waals surface area (Å²) in [4.78, 5) is 22.6. The summed E-state index contributed by atoms with van der Waals surface area (Å²) < 4.78 is 0. The van der Waals surface area contributed by atoms with E-state index < -0.39 is 0 Å². The second kappa shape index (κ2) is 7.27. The fourth-order valence-corrected chi connectivity index (χ4v) is 2.24. The van der Waals surface area contributed by atoms with E-state index in [0.717, 1.165) is 12.8 Å². The fourth-order valence-electron chi connectivity index (χ4n) is 2.24. The molecule has 1 saturated carbocycles. The van der Waals surface area contributed by atoms with E-state index in [2.05, 4.69) is 10.6 Å². The first kappa shape index (κ1) is 14.0. The van der Waals surface area contributed by atoms with Crippen LogP contribution in [0.25, 0.3) is 0 Å². The molecule has 17 heavy (non-hydrogen) atoms. The molecule has 0 spiro atoms. The molecule has 1 rings (SSSR count). The highest BCUT2D eigenvalue weighted by Gasteiger charge is 2.23. The first-order valence-corrected chi connectivity index (χ1v) is 6.36. The average Bonchev–Trinajstić information content (AvgIpc) is 2.32. The minimum Gasteiger partial charge on any atom is -0.359 e. The van der Waals surface area contributed by atoms with Gasteiger partial charge in [0, 0.05) is 32.5 Å². The van der Waals surface area contributed by atoms with Crippen LogP contribution in [0, 0.1) is 5.92 Å². The lowest BCUT2D eigenvalue weighted by molar-refractivity contribution is -0.123. The quantitative estimate of drug-likeness (QED) is 0.640. The van der Waals surface area contributed by atoms with Gasteiger partial charge in [0.25, 0.3) is 0 Å². The third-order valence-electron chi connectivity index (χ3n) is 3.37. The van der Waals surface area contributed by atoms with Gasteiger partial charge in [0.2, 0.25) is 11.8 Å². The van der Waals surface area contributed by atoms with Crippen molar-refractivity contribution < 1.29 is 9.59 Å². The molecule has 0 bridgehead atoms. The summed E-state index contributed by atoms with van der Waals surface area (Å²) in [6, 6.07) is 0.161. The van der Waals surface area contributed by atoms with Gasteiger partial charge in [-0.15, -0.1) is 0 Å². The van der Waals surface area contributed by atoms with Crippen LogP contribution in [0.2, 0.25) is 0 Å². The normalized spacial score (nSPS) is 24.1. The number of carbonyl (C=O) groups is 2. The third-order valence-corrected chi connectivity index (χ3v) is 3.37. The number of nitrogens with one attached hydrogen (secondary N) is 2. The Bertz CT molecular complexity index is 268. The molecule has 5 heteroatoms. The second-order valence-corrected chi connectivity index (χ2v) is 4.69. The number of hydrogen-bond donors (Lipinski definition) is 3. The summed E-state index contributed by atoms with van der Waals surface area (Å²) >= 11 is 0. The van der Waals surface area contributed by atoms with E-state index in [9.17, 15) is 9.59 Å². The molecule has 0 aliphatic heterocycles. The van der Waals surface area contributed by atoms with Crippen molar-refractivity contribution in [1.82, 2.24) is 10.6 Å². The summed E-state index contributed by atoms with van der Waals surface area (Å²) in [5.74, 6) is 0.264. The van der Waals surface area contributed by atoms with Crippen LogP contribution >= 0.6 is 0 Å². The SMILES string of the molecule is CNC(=O)CCNC(=O)CC1CCCCC1N. The van der Waals surface area contributed by atoms with Crippen LogP contribution in [0.1, 0.15) is 38.5 Å². The molecule has 0 heterocycles. The van der Waals surface area contributed by atoms with Gasteiger partial charge in [-0.3, -0.25) is 9.59 Å². The van der Waals surface area contributed by atoms with Crippen molar-refractivity contribution in [1.29, 1.82) is 0 Å². The van der Waals surface area contributed by atoms with E-state index in [1.54, 1.807) is 7.05 Å². The fraction of sp³-hybridized carbons (Fsp3) is 0.833. The molecule has 0 saturated heterocycles. The maximum atomic E-state index is 11.6. The van der Waals surface area contributed by atoms with Crippen LogP contribution < -0.4 is 16.4 Å². The second-order valence-electron chi connectivity index (χ2n) is 4.69. The summed E-state index contributed by atoms with van der Waals surface area (Å²) in [7, 11) is 1.59. The zero-order valence-electron chi connectivity index (χ0n) is 10.5. The lowest BCUT2D eigenvalue weighted by Gasteiger charge is -2.27. The van der Waals surface area contributed by atoms with E-state index in [1.807, 2.05) is 0 Å². The highest BCUT2D eigenvalue weighted by atomic mass is 16.2. The largest absolute Gasteiger partial charge is 0.359 e. The molecule has 1 aliphatic rings. The highest BCUT2D eigenvalue weighted by molar-refractivity contribution is 5.78. The molecule has 0 aromatic carbocycles. The predicted molar refractivity (Wildman–Crippen MR) is 66.2 cm³/mol. The van der Waals surface area contributed by atoms with Gasteiger partial charge >= 0.3 is 0 Å². The summed E-state index contributed by atoms with van der Waals surface area (Å²) in [5, 5.41) is 5.28. The molecule has 98 valence electrons. The topological polar surface area (TPSA) is 84.2 Å². The summed E-state index contributed by atoms with van der Waals surface area (Å²) in [5.41, 5.74) is 5.98. The molecule has 5 nitrogen and oxygen atoms in total. The van der Waals surface area contributed by atoms with Crippen molar-refractivity contribution in [3.8, 4) is 0 Å². The third kappa shape index (κ3) is 5.17. The Morgan fingerprint density at radius 1 is 1.24 bits per heavy atom. The minimum absolute atomic E-state index is 0.0104. The zero-order chi connectivity index (χ0) is 12.7. The molecular formula is C12H23N3O2. The number of rotatable bonds is 5. The van der Waals surface area contributed by atoms with Crippen LogP contribution in [0.3, 0.4) is 0 Å². The molecule has 2 amide bonds. The smallest absolute Gasteiger partial charge is 0.221 e. The Kier molecular flexibility index (Phi) is 5.97. The van der Waals surface area contributed by atoms with Crippen LogP contribution in [0.5, 0.6) is 0 Å². The lowest BCUT2D eigenvalue weighted by Crippen LogP contribution is -2.37. The van der Waals surface area contributed by atoms with Crippen molar-refractivity contribution >= 4 is 11.8 Å². The van der Waals surface area contributed by atoms with Gasteiger partial charge in [-0.25, -0.2) is 0 Å². The van der Waals surface area contributed by atoms with Gasteiger partial charge < -0.3 is 16.4 Å². The standard InChI is InChI=1S/C12H23N3O2/c1-14-11(16)6-7-15-12(17)8-9-4-2-3-5-10(9)13/h9-10H,2-8,13H2,1H3,(H,14,16)(H,15,17). The van der Waals surface area contributed by atoms with Gasteiger partial charge in [0.15, 0.2) is 0 Å². The first-order chi connectivity index (χ1) is 8.13. The van der Waals surface area contributed by atoms with Crippen molar-refractivity contribution in [3.63, 3.8) is 0 Å². The monoisotopic (exact) mass is 241 g/mol. The summed E-state index contributed by atoms with van der Waals surface area (Å²) in [6.07, 6.45) is 5.24. The molecule has 2 atom stereocenters. The Morgan fingerprint density at radius 3 is 2.59 bits per heavy atom. The molecule has 1 fully saturated rings. The van der Waals surface area contributed by atoms with Gasteiger partial charge in [-0.05, 0) is 18.8 Å². The molecule has 1 aliphatic carbocycles. The Labute approximate surface area is 103 Å². The van der Waals surface area contributed by atoms with E-state index in [4.69, 9.17) is 5.73 Å². The van der Waals surface area contributed by atoms with Gasteiger partial charge in [-0.2, -0.15) is 0 Å². The molecule has 4 N–H and O–H groups in total. The number of hydrogen-bond acceptors (Lipinski definition) is 3. The Morgan fingerprint density at radius 2 is 1.94 bits per heavy atom.